The van der Waals surface area contributed by atoms with E-state index in [9.17, 15) is 18.0 Å². The average Bonchev–Trinajstić information content (AvgIpc) is 2.25. The minimum absolute atomic E-state index is 0.215. The molecule has 0 spiro atoms. The quantitative estimate of drug-likeness (QED) is 0.648. The van der Waals surface area contributed by atoms with Gasteiger partial charge in [0.05, 0.1) is 12.5 Å². The van der Waals surface area contributed by atoms with E-state index in [4.69, 9.17) is 10.8 Å². The van der Waals surface area contributed by atoms with Crippen LogP contribution in [0.5, 0.6) is 0 Å². The number of nitrogens with zero attached hydrogens (tertiary/aromatic N) is 1. The van der Waals surface area contributed by atoms with Crippen LogP contribution in [0.25, 0.3) is 0 Å². The van der Waals surface area contributed by atoms with E-state index in [2.05, 4.69) is 5.32 Å². The summed E-state index contributed by atoms with van der Waals surface area (Å²) < 4.78 is 36.3. The van der Waals surface area contributed by atoms with Gasteiger partial charge in [-0.05, 0) is 6.42 Å². The van der Waals surface area contributed by atoms with Crippen molar-refractivity contribution in [1.82, 2.24) is 10.2 Å². The van der Waals surface area contributed by atoms with Gasteiger partial charge in [-0.2, -0.15) is 13.2 Å². The molecule has 2 unspecified atom stereocenters. The van der Waals surface area contributed by atoms with Crippen molar-refractivity contribution >= 4 is 5.97 Å². The highest BCUT2D eigenvalue weighted by atomic mass is 19.4. The third kappa shape index (κ3) is 5.19. The maximum atomic E-state index is 12.1. The Labute approximate surface area is 103 Å². The third-order valence-corrected chi connectivity index (χ3v) is 2.91. The molecule has 1 fully saturated rings. The van der Waals surface area contributed by atoms with E-state index in [0.717, 1.165) is 0 Å². The molecule has 0 bridgehead atoms. The van der Waals surface area contributed by atoms with Gasteiger partial charge in [-0.3, -0.25) is 9.69 Å². The van der Waals surface area contributed by atoms with Crippen LogP contribution in [0.15, 0.2) is 0 Å². The standard InChI is InChI=1S/C10H18F3N3O2/c11-10(12,13)6-15-8-3-7(9(17)18)4-16(5-8)2-1-14/h7-8,15H,1-6,14H2,(H,17,18). The number of piperidine rings is 1. The summed E-state index contributed by atoms with van der Waals surface area (Å²) in [5, 5.41) is 11.3. The van der Waals surface area contributed by atoms with Gasteiger partial charge < -0.3 is 16.2 Å². The van der Waals surface area contributed by atoms with Crippen molar-refractivity contribution in [2.24, 2.45) is 11.7 Å². The molecule has 0 radical (unpaired) electrons. The van der Waals surface area contributed by atoms with Crippen LogP contribution in [-0.2, 0) is 4.79 Å². The fraction of sp³-hybridized carbons (Fsp3) is 0.900. The van der Waals surface area contributed by atoms with Crippen molar-refractivity contribution < 1.29 is 23.1 Å². The van der Waals surface area contributed by atoms with Gasteiger partial charge in [-0.1, -0.05) is 0 Å². The number of nitrogens with two attached hydrogens (primary N) is 1. The SMILES string of the molecule is NCCN1CC(NCC(F)(F)F)CC(C(=O)O)C1. The molecule has 1 heterocycles. The molecule has 0 amide bonds. The second-order valence-corrected chi connectivity index (χ2v) is 4.51. The molecule has 1 aliphatic heterocycles. The first kappa shape index (κ1) is 15.2. The minimum Gasteiger partial charge on any atom is -0.481 e. The largest absolute Gasteiger partial charge is 0.481 e. The third-order valence-electron chi connectivity index (χ3n) is 2.91. The molecule has 18 heavy (non-hydrogen) atoms. The molecule has 1 aliphatic rings. The highest BCUT2D eigenvalue weighted by Crippen LogP contribution is 2.19. The fourth-order valence-electron chi connectivity index (χ4n) is 2.14. The molecule has 1 saturated heterocycles. The number of carbonyl (C=O) groups is 1. The Morgan fingerprint density at radius 3 is 2.61 bits per heavy atom. The van der Waals surface area contributed by atoms with Crippen molar-refractivity contribution in [1.29, 1.82) is 0 Å². The van der Waals surface area contributed by atoms with E-state index < -0.39 is 30.7 Å². The Balaban J connectivity index is 2.53. The van der Waals surface area contributed by atoms with Crippen molar-refractivity contribution in [3.05, 3.63) is 0 Å². The predicted molar refractivity (Wildman–Crippen MR) is 59.1 cm³/mol. The molecule has 4 N–H and O–H groups in total. The van der Waals surface area contributed by atoms with Gasteiger partial charge in [0, 0.05) is 32.2 Å². The maximum Gasteiger partial charge on any atom is 0.401 e. The van der Waals surface area contributed by atoms with E-state index in [1.807, 2.05) is 0 Å². The molecular formula is C10H18F3N3O2. The molecule has 5 nitrogen and oxygen atoms in total. The lowest BCUT2D eigenvalue weighted by atomic mass is 9.94. The van der Waals surface area contributed by atoms with Crippen LogP contribution < -0.4 is 11.1 Å². The van der Waals surface area contributed by atoms with E-state index in [-0.39, 0.29) is 6.42 Å². The molecule has 1 rings (SSSR count). The first-order chi connectivity index (χ1) is 8.31. The molecule has 0 saturated carbocycles. The van der Waals surface area contributed by atoms with Gasteiger partial charge in [0.1, 0.15) is 0 Å². The second-order valence-electron chi connectivity index (χ2n) is 4.51. The van der Waals surface area contributed by atoms with Crippen LogP contribution in [0.3, 0.4) is 0 Å². The first-order valence-electron chi connectivity index (χ1n) is 5.77. The number of alkyl halides is 3. The average molecular weight is 269 g/mol. The van der Waals surface area contributed by atoms with Gasteiger partial charge in [-0.15, -0.1) is 0 Å². The number of halogens is 3. The summed E-state index contributed by atoms with van der Waals surface area (Å²) in [5.74, 6) is -1.62. The Hall–Kier alpha value is -0.860. The summed E-state index contributed by atoms with van der Waals surface area (Å²) in [7, 11) is 0. The Morgan fingerprint density at radius 2 is 2.11 bits per heavy atom. The van der Waals surface area contributed by atoms with Gasteiger partial charge in [0.2, 0.25) is 0 Å². The van der Waals surface area contributed by atoms with Crippen LogP contribution in [0, 0.1) is 5.92 Å². The van der Waals surface area contributed by atoms with Crippen molar-refractivity contribution in [2.75, 3.05) is 32.7 Å². The highest BCUT2D eigenvalue weighted by Gasteiger charge is 2.34. The van der Waals surface area contributed by atoms with Crippen molar-refractivity contribution in [3.8, 4) is 0 Å². The molecule has 0 aromatic carbocycles. The van der Waals surface area contributed by atoms with Crippen LogP contribution in [0.2, 0.25) is 0 Å². The number of rotatable bonds is 5. The molecule has 0 aliphatic carbocycles. The van der Waals surface area contributed by atoms with E-state index >= 15 is 0 Å². The van der Waals surface area contributed by atoms with Crippen molar-refractivity contribution in [2.45, 2.75) is 18.6 Å². The number of hydrogen-bond acceptors (Lipinski definition) is 4. The first-order valence-corrected chi connectivity index (χ1v) is 5.77. The number of aliphatic carboxylic acids is 1. The lowest BCUT2D eigenvalue weighted by Crippen LogP contribution is -2.53. The monoisotopic (exact) mass is 269 g/mol. The van der Waals surface area contributed by atoms with Crippen LogP contribution in [-0.4, -0.2) is 60.9 Å². The van der Waals surface area contributed by atoms with Crippen LogP contribution >= 0.6 is 0 Å². The maximum absolute atomic E-state index is 12.1. The van der Waals surface area contributed by atoms with E-state index in [1.54, 1.807) is 4.90 Å². The Bertz CT molecular complexity index is 286. The molecule has 0 aromatic rings. The molecule has 2 atom stereocenters. The number of hydrogen-bond donors (Lipinski definition) is 3. The lowest BCUT2D eigenvalue weighted by molar-refractivity contribution is -0.144. The number of carboxylic acids is 1. The molecule has 106 valence electrons. The second kappa shape index (κ2) is 6.35. The Morgan fingerprint density at radius 1 is 1.44 bits per heavy atom. The summed E-state index contributed by atoms with van der Waals surface area (Å²) in [4.78, 5) is 12.7. The number of nitrogens with one attached hydrogen (secondary N) is 1. The number of likely N-dealkylation sites (tertiary alicyclic amines) is 1. The summed E-state index contributed by atoms with van der Waals surface area (Å²) in [6.07, 6.45) is -4.07. The minimum atomic E-state index is -4.28. The van der Waals surface area contributed by atoms with Gasteiger partial charge >= 0.3 is 12.1 Å². The normalized spacial score (nSPS) is 26.2. The fourth-order valence-corrected chi connectivity index (χ4v) is 2.14. The lowest BCUT2D eigenvalue weighted by Gasteiger charge is -2.36. The van der Waals surface area contributed by atoms with E-state index in [0.29, 0.717) is 26.2 Å². The van der Waals surface area contributed by atoms with Gasteiger partial charge in [-0.25, -0.2) is 0 Å². The van der Waals surface area contributed by atoms with Gasteiger partial charge in [0.25, 0.3) is 0 Å². The van der Waals surface area contributed by atoms with Crippen LogP contribution in [0.1, 0.15) is 6.42 Å². The predicted octanol–water partition coefficient (Wildman–Crippen LogP) is -0.128. The topological polar surface area (TPSA) is 78.6 Å². The number of carboxylic acid groups (broad SMARTS) is 1. The molecular weight excluding hydrogens is 251 g/mol. The zero-order chi connectivity index (χ0) is 13.8. The summed E-state index contributed by atoms with van der Waals surface area (Å²) in [6.45, 7) is 0.501. The summed E-state index contributed by atoms with van der Waals surface area (Å²) in [6, 6.07) is -0.465. The summed E-state index contributed by atoms with van der Waals surface area (Å²) >= 11 is 0. The zero-order valence-electron chi connectivity index (χ0n) is 9.91. The smallest absolute Gasteiger partial charge is 0.401 e. The van der Waals surface area contributed by atoms with Crippen molar-refractivity contribution in [3.63, 3.8) is 0 Å². The molecule has 0 aromatic heterocycles. The zero-order valence-corrected chi connectivity index (χ0v) is 9.91. The van der Waals surface area contributed by atoms with Crippen LogP contribution in [0.4, 0.5) is 13.2 Å². The van der Waals surface area contributed by atoms with Gasteiger partial charge in [0.15, 0.2) is 0 Å². The summed E-state index contributed by atoms with van der Waals surface area (Å²) in [5.41, 5.74) is 5.38. The molecule has 8 heteroatoms. The Kier molecular flexibility index (Phi) is 5.36. The van der Waals surface area contributed by atoms with E-state index in [1.165, 1.54) is 0 Å². The highest BCUT2D eigenvalue weighted by molar-refractivity contribution is 5.70.